The lowest BCUT2D eigenvalue weighted by Crippen LogP contribution is -2.47. The molecule has 0 radical (unpaired) electrons. The minimum atomic E-state index is 0. The second-order valence-electron chi connectivity index (χ2n) is 8.24. The van der Waals surface area contributed by atoms with Crippen molar-refractivity contribution in [2.45, 2.75) is 50.7 Å². The zero-order chi connectivity index (χ0) is 20.8. The van der Waals surface area contributed by atoms with Gasteiger partial charge in [-0.05, 0) is 62.3 Å². The van der Waals surface area contributed by atoms with E-state index in [9.17, 15) is 0 Å². The van der Waals surface area contributed by atoms with E-state index >= 15 is 0 Å². The van der Waals surface area contributed by atoms with Crippen LogP contribution in [0.3, 0.4) is 0 Å². The summed E-state index contributed by atoms with van der Waals surface area (Å²) in [5, 5.41) is 5.49. The molecule has 1 aromatic heterocycles. The fraction of sp³-hybridized carbons (Fsp3) is 0.609. The first-order valence-corrected chi connectivity index (χ1v) is 11.5. The fourth-order valence-electron chi connectivity index (χ4n) is 4.42. The van der Waals surface area contributed by atoms with Crippen LogP contribution in [0.5, 0.6) is 0 Å². The maximum atomic E-state index is 6.16. The summed E-state index contributed by atoms with van der Waals surface area (Å²) in [5.74, 6) is 0.974. The summed E-state index contributed by atoms with van der Waals surface area (Å²) in [5.41, 5.74) is 2.40. The summed E-state index contributed by atoms with van der Waals surface area (Å²) in [7, 11) is 1.86. The molecular formula is C23H34ClIN4O2. The monoisotopic (exact) mass is 560 g/mol. The van der Waals surface area contributed by atoms with Crippen LogP contribution in [0.4, 0.5) is 0 Å². The van der Waals surface area contributed by atoms with Gasteiger partial charge >= 0.3 is 0 Å². The summed E-state index contributed by atoms with van der Waals surface area (Å²) >= 11 is 6.16. The summed E-state index contributed by atoms with van der Waals surface area (Å²) in [6.07, 6.45) is 9.28. The minimum Gasteiger partial charge on any atom is -0.376 e. The first-order chi connectivity index (χ1) is 14.7. The van der Waals surface area contributed by atoms with Gasteiger partial charge in [-0.3, -0.25) is 4.99 Å². The number of hydrogen-bond donors (Lipinski definition) is 2. The van der Waals surface area contributed by atoms with Crippen LogP contribution in [-0.2, 0) is 15.9 Å². The Morgan fingerprint density at radius 1 is 1.29 bits per heavy atom. The van der Waals surface area contributed by atoms with Crippen LogP contribution in [0.2, 0.25) is 5.02 Å². The van der Waals surface area contributed by atoms with E-state index in [1.807, 2.05) is 25.2 Å². The van der Waals surface area contributed by atoms with Crippen LogP contribution in [0, 0.1) is 0 Å². The highest BCUT2D eigenvalue weighted by atomic mass is 127. The molecule has 2 N–H and O–H groups in total. The van der Waals surface area contributed by atoms with Gasteiger partial charge in [-0.2, -0.15) is 0 Å². The molecule has 0 aliphatic carbocycles. The number of hydrogen-bond acceptors (Lipinski definition) is 3. The van der Waals surface area contributed by atoms with Crippen LogP contribution in [0.15, 0.2) is 29.4 Å². The van der Waals surface area contributed by atoms with E-state index in [-0.39, 0.29) is 24.0 Å². The summed E-state index contributed by atoms with van der Waals surface area (Å²) in [4.78, 5) is 10.2. The van der Waals surface area contributed by atoms with Crippen molar-refractivity contribution in [2.75, 3.05) is 39.9 Å². The van der Waals surface area contributed by atoms with E-state index < -0.39 is 0 Å². The molecule has 8 heteroatoms. The Morgan fingerprint density at radius 3 is 2.87 bits per heavy atom. The second kappa shape index (κ2) is 12.3. The molecule has 172 valence electrons. The zero-order valence-corrected chi connectivity index (χ0v) is 21.3. The van der Waals surface area contributed by atoms with Crippen molar-refractivity contribution in [1.82, 2.24) is 15.2 Å². The van der Waals surface area contributed by atoms with Gasteiger partial charge in [0.05, 0.1) is 18.8 Å². The third kappa shape index (κ3) is 6.73. The molecule has 4 rings (SSSR count). The Morgan fingerprint density at radius 2 is 2.13 bits per heavy atom. The molecule has 0 spiro atoms. The quantitative estimate of drug-likeness (QED) is 0.308. The largest absolute Gasteiger partial charge is 0.376 e. The van der Waals surface area contributed by atoms with Crippen molar-refractivity contribution in [3.63, 3.8) is 0 Å². The Balaban J connectivity index is 0.00000272. The SMILES string of the molecule is CN=C(NCCc1c[nH]c2ccc(Cl)cc12)N1CCC(OCC2CCCCO2)CC1.I. The normalized spacial score (nSPS) is 20.6. The molecule has 3 heterocycles. The molecule has 0 saturated carbocycles. The number of nitrogens with one attached hydrogen (secondary N) is 2. The number of aromatic amines is 1. The molecule has 2 aromatic rings. The van der Waals surface area contributed by atoms with Crippen molar-refractivity contribution in [1.29, 1.82) is 0 Å². The molecule has 31 heavy (non-hydrogen) atoms. The number of ether oxygens (including phenoxy) is 2. The Hall–Kier alpha value is -1.03. The van der Waals surface area contributed by atoms with E-state index in [1.165, 1.54) is 23.8 Å². The van der Waals surface area contributed by atoms with E-state index in [2.05, 4.69) is 26.4 Å². The van der Waals surface area contributed by atoms with Crippen LogP contribution in [-0.4, -0.2) is 67.9 Å². The standard InChI is InChI=1S/C23H33ClN4O2.HI/c1-25-23(26-10-7-17-15-27-22-6-5-18(24)14-21(17)22)28-11-8-19(9-12-28)30-16-20-4-2-3-13-29-20;/h5-6,14-15,19-20,27H,2-4,7-13,16H2,1H3,(H,25,26);1H. The highest BCUT2D eigenvalue weighted by Crippen LogP contribution is 2.23. The third-order valence-electron chi connectivity index (χ3n) is 6.15. The number of likely N-dealkylation sites (tertiary alicyclic amines) is 1. The molecule has 0 bridgehead atoms. The van der Waals surface area contributed by atoms with Crippen molar-refractivity contribution in [3.8, 4) is 0 Å². The van der Waals surface area contributed by atoms with Gasteiger partial charge in [0, 0.05) is 55.4 Å². The van der Waals surface area contributed by atoms with Gasteiger partial charge in [-0.1, -0.05) is 11.6 Å². The van der Waals surface area contributed by atoms with Crippen molar-refractivity contribution >= 4 is 52.4 Å². The number of rotatable bonds is 6. The first kappa shape index (κ1) is 24.6. The van der Waals surface area contributed by atoms with E-state index in [0.29, 0.717) is 12.2 Å². The summed E-state index contributed by atoms with van der Waals surface area (Å²) in [6, 6.07) is 5.97. The highest BCUT2D eigenvalue weighted by Gasteiger charge is 2.23. The van der Waals surface area contributed by atoms with Crippen molar-refractivity contribution in [2.24, 2.45) is 4.99 Å². The van der Waals surface area contributed by atoms with Crippen LogP contribution in [0.1, 0.15) is 37.7 Å². The lowest BCUT2D eigenvalue weighted by Gasteiger charge is -2.35. The van der Waals surface area contributed by atoms with E-state index in [4.69, 9.17) is 21.1 Å². The molecule has 1 unspecified atom stereocenters. The number of fused-ring (bicyclic) bond motifs is 1. The predicted molar refractivity (Wildman–Crippen MR) is 138 cm³/mol. The van der Waals surface area contributed by atoms with Crippen LogP contribution in [0.25, 0.3) is 10.9 Å². The number of halogens is 2. The topological polar surface area (TPSA) is 61.9 Å². The van der Waals surface area contributed by atoms with E-state index in [0.717, 1.165) is 75.0 Å². The van der Waals surface area contributed by atoms with Crippen molar-refractivity contribution < 1.29 is 9.47 Å². The highest BCUT2D eigenvalue weighted by molar-refractivity contribution is 14.0. The van der Waals surface area contributed by atoms with E-state index in [1.54, 1.807) is 0 Å². The Labute approximate surface area is 207 Å². The van der Waals surface area contributed by atoms with Gasteiger partial charge in [0.25, 0.3) is 0 Å². The minimum absolute atomic E-state index is 0. The predicted octanol–water partition coefficient (Wildman–Crippen LogP) is 4.61. The lowest BCUT2D eigenvalue weighted by molar-refractivity contribution is -0.0721. The molecule has 0 amide bonds. The molecule has 2 fully saturated rings. The second-order valence-corrected chi connectivity index (χ2v) is 8.67. The molecule has 2 aliphatic heterocycles. The molecule has 6 nitrogen and oxygen atoms in total. The lowest BCUT2D eigenvalue weighted by atomic mass is 10.1. The first-order valence-electron chi connectivity index (χ1n) is 11.2. The van der Waals surface area contributed by atoms with Gasteiger partial charge < -0.3 is 24.7 Å². The average Bonchev–Trinajstić information content (AvgIpc) is 3.18. The maximum Gasteiger partial charge on any atom is 0.193 e. The van der Waals surface area contributed by atoms with Gasteiger partial charge in [0.1, 0.15) is 0 Å². The number of aromatic nitrogens is 1. The number of guanidine groups is 1. The molecule has 1 aromatic carbocycles. The number of benzene rings is 1. The summed E-state index contributed by atoms with van der Waals surface area (Å²) < 4.78 is 11.9. The average molecular weight is 561 g/mol. The number of H-pyrrole nitrogens is 1. The van der Waals surface area contributed by atoms with Gasteiger partial charge in [0.2, 0.25) is 0 Å². The zero-order valence-electron chi connectivity index (χ0n) is 18.2. The van der Waals surface area contributed by atoms with Crippen molar-refractivity contribution in [3.05, 3.63) is 35.0 Å². The van der Waals surface area contributed by atoms with Gasteiger partial charge in [0.15, 0.2) is 5.96 Å². The van der Waals surface area contributed by atoms with Crippen LogP contribution < -0.4 is 5.32 Å². The smallest absolute Gasteiger partial charge is 0.193 e. The molecule has 2 aliphatic rings. The molecule has 1 atom stereocenters. The number of nitrogens with zero attached hydrogens (tertiary/aromatic N) is 2. The van der Waals surface area contributed by atoms with Gasteiger partial charge in [-0.25, -0.2) is 0 Å². The third-order valence-corrected chi connectivity index (χ3v) is 6.39. The number of piperidine rings is 1. The maximum absolute atomic E-state index is 6.16. The Kier molecular flexibility index (Phi) is 9.74. The molecule has 2 saturated heterocycles. The fourth-order valence-corrected chi connectivity index (χ4v) is 4.59. The Bertz CT molecular complexity index is 845. The molecular weight excluding hydrogens is 527 g/mol. The summed E-state index contributed by atoms with van der Waals surface area (Å²) in [6.45, 7) is 4.41. The van der Waals surface area contributed by atoms with Gasteiger partial charge in [-0.15, -0.1) is 24.0 Å². The van der Waals surface area contributed by atoms with Crippen LogP contribution >= 0.6 is 35.6 Å². The number of aliphatic imine (C=N–C) groups is 1.